The molecular weight excluding hydrogens is 478 g/mol. The maximum Gasteiger partial charge on any atom is 0.321 e. The molecule has 192 valence electrons. The van der Waals surface area contributed by atoms with Gasteiger partial charge in [0.2, 0.25) is 0 Å². The second kappa shape index (κ2) is 12.1. The molecule has 8 nitrogen and oxygen atoms in total. The average Bonchev–Trinajstić information content (AvgIpc) is 3.25. The van der Waals surface area contributed by atoms with Gasteiger partial charge in [-0.3, -0.25) is 14.9 Å². The topological polar surface area (TPSA) is 118 Å². The van der Waals surface area contributed by atoms with Gasteiger partial charge in [0, 0.05) is 24.9 Å². The van der Waals surface area contributed by atoms with Crippen LogP contribution in [0, 0.1) is 5.92 Å². The Bertz CT molecular complexity index is 1290. The summed E-state index contributed by atoms with van der Waals surface area (Å²) in [4.78, 5) is 28.6. The van der Waals surface area contributed by atoms with Gasteiger partial charge in [-0.2, -0.15) is 0 Å². The van der Waals surface area contributed by atoms with E-state index >= 15 is 0 Å². The smallest absolute Gasteiger partial charge is 0.321 e. The van der Waals surface area contributed by atoms with Crippen LogP contribution in [-0.2, 0) is 38.1 Å². The van der Waals surface area contributed by atoms with E-state index in [0.717, 1.165) is 5.56 Å². The first kappa shape index (κ1) is 27.3. The molecular formula is C27H33N3O5S. The van der Waals surface area contributed by atoms with Crippen molar-refractivity contribution in [3.63, 3.8) is 0 Å². The second-order valence-corrected chi connectivity index (χ2v) is 11.4. The summed E-state index contributed by atoms with van der Waals surface area (Å²) >= 11 is 0. The number of hydrogen-bond acceptors (Lipinski definition) is 6. The van der Waals surface area contributed by atoms with Crippen molar-refractivity contribution in [1.82, 2.24) is 14.9 Å². The molecule has 0 aliphatic heterocycles. The average molecular weight is 512 g/mol. The lowest BCUT2D eigenvalue weighted by atomic mass is 9.99. The number of aromatic nitrogens is 2. The molecule has 2 aromatic carbocycles. The quantitative estimate of drug-likeness (QED) is 0.361. The number of carbonyl (C=O) groups excluding carboxylic acids is 1. The van der Waals surface area contributed by atoms with Gasteiger partial charge < -0.3 is 9.67 Å². The van der Waals surface area contributed by atoms with Crippen molar-refractivity contribution >= 4 is 21.6 Å². The molecule has 0 bridgehead atoms. The van der Waals surface area contributed by atoms with E-state index in [9.17, 15) is 23.1 Å². The second-order valence-electron chi connectivity index (χ2n) is 9.41. The van der Waals surface area contributed by atoms with Crippen LogP contribution in [0.3, 0.4) is 0 Å². The van der Waals surface area contributed by atoms with Crippen LogP contribution >= 0.6 is 0 Å². The van der Waals surface area contributed by atoms with E-state index < -0.39 is 27.9 Å². The zero-order chi connectivity index (χ0) is 26.3. The standard InChI is InChI=1S/C27H33N3O5S/c1-19(2)13-25(20(3)31)29-26(27(32)33)14-23-15-28-18-30(23)16-21-9-7-8-10-22(21)17-36(34,35)24-11-5-4-6-12-24/h4-12,15,18-19,25-26,29H,13-14,16-17H2,1-3H3,(H,32,33). The normalized spacial score (nSPS) is 13.4. The molecule has 0 amide bonds. The SMILES string of the molecule is CC(=O)C(CC(C)C)NC(Cc1cncn1Cc1ccccc1CS(=O)(=O)c1ccccc1)C(=O)O. The van der Waals surface area contributed by atoms with Gasteiger partial charge in [0.25, 0.3) is 0 Å². The monoisotopic (exact) mass is 511 g/mol. The van der Waals surface area contributed by atoms with Crippen LogP contribution in [0.5, 0.6) is 0 Å². The van der Waals surface area contributed by atoms with E-state index in [1.54, 1.807) is 55.0 Å². The number of Topliss-reactive ketones (excluding diaryl/α,β-unsaturated/α-hetero) is 1. The molecule has 0 aliphatic rings. The minimum Gasteiger partial charge on any atom is -0.480 e. The Morgan fingerprint density at radius 3 is 2.25 bits per heavy atom. The minimum absolute atomic E-state index is 0.1000. The molecule has 0 fully saturated rings. The summed E-state index contributed by atoms with van der Waals surface area (Å²) in [6.45, 7) is 5.77. The third-order valence-corrected chi connectivity index (χ3v) is 7.70. The van der Waals surface area contributed by atoms with Crippen LogP contribution in [0.4, 0.5) is 0 Å². The number of imidazole rings is 1. The van der Waals surface area contributed by atoms with E-state index in [1.165, 1.54) is 6.92 Å². The van der Waals surface area contributed by atoms with Crippen molar-refractivity contribution in [3.05, 3.63) is 83.9 Å². The minimum atomic E-state index is -3.53. The van der Waals surface area contributed by atoms with Gasteiger partial charge in [0.1, 0.15) is 11.8 Å². The molecule has 0 spiro atoms. The van der Waals surface area contributed by atoms with Crippen molar-refractivity contribution in [2.45, 2.75) is 62.9 Å². The first-order chi connectivity index (χ1) is 17.1. The largest absolute Gasteiger partial charge is 0.480 e. The highest BCUT2D eigenvalue weighted by atomic mass is 32.2. The van der Waals surface area contributed by atoms with Crippen LogP contribution in [0.15, 0.2) is 72.0 Å². The number of carbonyl (C=O) groups is 2. The molecule has 2 unspecified atom stereocenters. The van der Waals surface area contributed by atoms with E-state index in [1.807, 2.05) is 30.5 Å². The number of ketones is 1. The van der Waals surface area contributed by atoms with E-state index in [-0.39, 0.29) is 28.8 Å². The van der Waals surface area contributed by atoms with Crippen molar-refractivity contribution in [3.8, 4) is 0 Å². The van der Waals surface area contributed by atoms with Crippen molar-refractivity contribution < 1.29 is 23.1 Å². The lowest BCUT2D eigenvalue weighted by Gasteiger charge is -2.23. The molecule has 0 radical (unpaired) electrons. The number of benzene rings is 2. The fourth-order valence-corrected chi connectivity index (χ4v) is 5.53. The number of hydrogen-bond donors (Lipinski definition) is 2. The zero-order valence-corrected chi connectivity index (χ0v) is 21.6. The first-order valence-corrected chi connectivity index (χ1v) is 13.5. The van der Waals surface area contributed by atoms with Gasteiger partial charge in [-0.1, -0.05) is 56.3 Å². The van der Waals surface area contributed by atoms with Crippen LogP contribution in [0.25, 0.3) is 0 Å². The highest BCUT2D eigenvalue weighted by Crippen LogP contribution is 2.20. The predicted molar refractivity (Wildman–Crippen MR) is 137 cm³/mol. The van der Waals surface area contributed by atoms with Gasteiger partial charge in [-0.25, -0.2) is 13.4 Å². The third-order valence-electron chi connectivity index (χ3n) is 6.02. The highest BCUT2D eigenvalue weighted by molar-refractivity contribution is 7.90. The number of aliphatic carboxylic acids is 1. The molecule has 0 saturated carbocycles. The number of rotatable bonds is 13. The van der Waals surface area contributed by atoms with Crippen molar-refractivity contribution in [1.29, 1.82) is 0 Å². The number of nitrogens with one attached hydrogen (secondary N) is 1. The lowest BCUT2D eigenvalue weighted by Crippen LogP contribution is -2.48. The van der Waals surface area contributed by atoms with Crippen LogP contribution in [-0.4, -0.2) is 46.9 Å². The summed E-state index contributed by atoms with van der Waals surface area (Å²) in [6, 6.07) is 14.1. The van der Waals surface area contributed by atoms with Gasteiger partial charge in [-0.05, 0) is 42.5 Å². The molecule has 3 aromatic rings. The lowest BCUT2D eigenvalue weighted by molar-refractivity contribution is -0.140. The van der Waals surface area contributed by atoms with Gasteiger partial charge in [0.15, 0.2) is 9.84 Å². The molecule has 0 aliphatic carbocycles. The maximum atomic E-state index is 13.0. The number of sulfone groups is 1. The third kappa shape index (κ3) is 7.35. The summed E-state index contributed by atoms with van der Waals surface area (Å²) in [7, 11) is -3.53. The van der Waals surface area contributed by atoms with Gasteiger partial charge >= 0.3 is 5.97 Å². The Labute approximate surface area is 212 Å². The highest BCUT2D eigenvalue weighted by Gasteiger charge is 2.26. The Balaban J connectivity index is 1.81. The molecule has 1 aromatic heterocycles. The Morgan fingerprint density at radius 1 is 1.00 bits per heavy atom. The Kier molecular flexibility index (Phi) is 9.17. The van der Waals surface area contributed by atoms with E-state index in [4.69, 9.17) is 0 Å². The number of nitrogens with zero attached hydrogens (tertiary/aromatic N) is 2. The van der Waals surface area contributed by atoms with E-state index in [2.05, 4.69) is 10.3 Å². The van der Waals surface area contributed by atoms with Crippen LogP contribution in [0.1, 0.15) is 44.0 Å². The molecule has 2 N–H and O–H groups in total. The van der Waals surface area contributed by atoms with Crippen molar-refractivity contribution in [2.24, 2.45) is 5.92 Å². The molecule has 3 rings (SSSR count). The molecule has 1 heterocycles. The fourth-order valence-electron chi connectivity index (χ4n) is 4.10. The summed E-state index contributed by atoms with van der Waals surface area (Å²) in [5.74, 6) is -1.06. The van der Waals surface area contributed by atoms with Gasteiger partial charge in [0.05, 0.1) is 23.0 Å². The first-order valence-electron chi connectivity index (χ1n) is 11.9. The van der Waals surface area contributed by atoms with Crippen LogP contribution in [0.2, 0.25) is 0 Å². The molecule has 2 atom stereocenters. The summed E-state index contributed by atoms with van der Waals surface area (Å²) in [5.41, 5.74) is 2.14. The predicted octanol–water partition coefficient (Wildman–Crippen LogP) is 3.49. The van der Waals surface area contributed by atoms with Crippen molar-refractivity contribution in [2.75, 3.05) is 0 Å². The molecule has 0 saturated heterocycles. The summed E-state index contributed by atoms with van der Waals surface area (Å²) in [6.07, 6.45) is 3.88. The van der Waals surface area contributed by atoms with E-state index in [0.29, 0.717) is 24.2 Å². The number of carboxylic acids is 1. The molecule has 36 heavy (non-hydrogen) atoms. The summed E-state index contributed by atoms with van der Waals surface area (Å²) < 4.78 is 27.7. The Morgan fingerprint density at radius 2 is 1.64 bits per heavy atom. The fraction of sp³-hybridized carbons (Fsp3) is 0.370. The zero-order valence-electron chi connectivity index (χ0n) is 20.8. The van der Waals surface area contributed by atoms with Gasteiger partial charge in [-0.15, -0.1) is 0 Å². The Hall–Kier alpha value is -3.30. The summed E-state index contributed by atoms with van der Waals surface area (Å²) in [5, 5.41) is 12.8. The van der Waals surface area contributed by atoms with Crippen LogP contribution < -0.4 is 5.32 Å². The maximum absolute atomic E-state index is 13.0. The molecule has 9 heteroatoms. The number of carboxylic acid groups (broad SMARTS) is 1.